The molecule has 0 saturated heterocycles. The van der Waals surface area contributed by atoms with Crippen molar-refractivity contribution in [2.75, 3.05) is 5.32 Å². The second kappa shape index (κ2) is 8.19. The van der Waals surface area contributed by atoms with E-state index in [1.54, 1.807) is 28.9 Å². The molecule has 5 rings (SSSR count). The number of hydrogen-bond acceptors (Lipinski definition) is 7. The molecule has 0 fully saturated rings. The van der Waals surface area contributed by atoms with Gasteiger partial charge in [-0.3, -0.25) is 14.9 Å². The predicted molar refractivity (Wildman–Crippen MR) is 117 cm³/mol. The van der Waals surface area contributed by atoms with Gasteiger partial charge in [0, 0.05) is 35.6 Å². The zero-order valence-electron chi connectivity index (χ0n) is 16.8. The van der Waals surface area contributed by atoms with Crippen LogP contribution in [0.25, 0.3) is 0 Å². The van der Waals surface area contributed by atoms with Crippen LogP contribution in [0.2, 0.25) is 0 Å². The summed E-state index contributed by atoms with van der Waals surface area (Å²) in [7, 11) is 0. The zero-order chi connectivity index (χ0) is 22.2. The highest BCUT2D eigenvalue weighted by atomic mass is 32.2. The number of carbonyl (C=O) groups is 1. The SMILES string of the molecule is O=C1CCCC2=C1C(c1ccc([N+](=O)[O-])cc1)n1nc(SCc3ccc(F)cc3)nc1N2. The Hall–Kier alpha value is -3.53. The first-order valence-electron chi connectivity index (χ1n) is 10.1. The number of benzene rings is 2. The van der Waals surface area contributed by atoms with Gasteiger partial charge >= 0.3 is 0 Å². The summed E-state index contributed by atoms with van der Waals surface area (Å²) < 4.78 is 14.8. The van der Waals surface area contributed by atoms with Crippen molar-refractivity contribution in [2.45, 2.75) is 36.2 Å². The highest BCUT2D eigenvalue weighted by Gasteiger charge is 2.37. The Morgan fingerprint density at radius 3 is 2.62 bits per heavy atom. The molecule has 162 valence electrons. The van der Waals surface area contributed by atoms with Gasteiger partial charge in [0.2, 0.25) is 11.1 Å². The van der Waals surface area contributed by atoms with E-state index in [9.17, 15) is 19.3 Å². The number of ketones is 1. The number of nitro groups is 1. The molecule has 2 heterocycles. The van der Waals surface area contributed by atoms with Crippen LogP contribution in [0.15, 0.2) is 65.0 Å². The lowest BCUT2D eigenvalue weighted by molar-refractivity contribution is -0.384. The number of fused-ring (bicyclic) bond motifs is 1. The van der Waals surface area contributed by atoms with Crippen molar-refractivity contribution < 1.29 is 14.1 Å². The molecule has 0 bridgehead atoms. The molecule has 1 unspecified atom stereocenters. The molecule has 2 aliphatic rings. The van der Waals surface area contributed by atoms with Crippen molar-refractivity contribution in [1.29, 1.82) is 0 Å². The summed E-state index contributed by atoms with van der Waals surface area (Å²) in [6, 6.07) is 12.0. The van der Waals surface area contributed by atoms with Crippen LogP contribution in [0.4, 0.5) is 16.0 Å². The van der Waals surface area contributed by atoms with Crippen molar-refractivity contribution in [1.82, 2.24) is 14.8 Å². The number of aromatic nitrogens is 3. The molecule has 10 heteroatoms. The first-order chi connectivity index (χ1) is 15.5. The van der Waals surface area contributed by atoms with E-state index in [-0.39, 0.29) is 17.3 Å². The van der Waals surface area contributed by atoms with Crippen LogP contribution >= 0.6 is 11.8 Å². The molecule has 0 spiro atoms. The van der Waals surface area contributed by atoms with Crippen LogP contribution in [0.3, 0.4) is 0 Å². The van der Waals surface area contributed by atoms with Crippen molar-refractivity contribution in [2.24, 2.45) is 0 Å². The number of anilines is 1. The maximum atomic E-state index is 13.1. The van der Waals surface area contributed by atoms with Gasteiger partial charge in [0.1, 0.15) is 11.9 Å². The number of non-ortho nitro benzene ring substituents is 1. The monoisotopic (exact) mass is 451 g/mol. The van der Waals surface area contributed by atoms with Gasteiger partial charge in [0.05, 0.1) is 4.92 Å². The molecule has 3 aromatic rings. The van der Waals surface area contributed by atoms with Gasteiger partial charge in [-0.15, -0.1) is 5.10 Å². The number of carbonyl (C=O) groups excluding carboxylic acids is 1. The average Bonchev–Trinajstić information content (AvgIpc) is 3.20. The third kappa shape index (κ3) is 3.77. The van der Waals surface area contributed by atoms with Crippen molar-refractivity contribution >= 4 is 29.2 Å². The van der Waals surface area contributed by atoms with Crippen LogP contribution in [0.1, 0.15) is 36.4 Å². The molecule has 0 radical (unpaired) electrons. The second-order valence-electron chi connectivity index (χ2n) is 7.62. The maximum Gasteiger partial charge on any atom is 0.269 e. The van der Waals surface area contributed by atoms with Crippen molar-refractivity contribution in [3.63, 3.8) is 0 Å². The molecule has 1 aliphatic heterocycles. The van der Waals surface area contributed by atoms with Gasteiger partial charge in [-0.1, -0.05) is 23.9 Å². The Kier molecular flexibility index (Phi) is 5.22. The molecule has 1 aliphatic carbocycles. The first kappa shape index (κ1) is 20.4. The molecule has 2 aromatic carbocycles. The highest BCUT2D eigenvalue weighted by Crippen LogP contribution is 2.41. The van der Waals surface area contributed by atoms with E-state index in [0.717, 1.165) is 29.7 Å². The highest BCUT2D eigenvalue weighted by molar-refractivity contribution is 7.98. The fraction of sp³-hybridized carbons (Fsp3) is 0.227. The smallest absolute Gasteiger partial charge is 0.269 e. The normalized spacial score (nSPS) is 17.5. The fourth-order valence-corrected chi connectivity index (χ4v) is 4.80. The lowest BCUT2D eigenvalue weighted by Gasteiger charge is -2.32. The summed E-state index contributed by atoms with van der Waals surface area (Å²) in [6.07, 6.45) is 1.95. The molecular formula is C22H18FN5O3S. The predicted octanol–water partition coefficient (Wildman–Crippen LogP) is 4.64. The van der Waals surface area contributed by atoms with Crippen molar-refractivity contribution in [3.8, 4) is 0 Å². The molecule has 1 aromatic heterocycles. The maximum absolute atomic E-state index is 13.1. The summed E-state index contributed by atoms with van der Waals surface area (Å²) >= 11 is 1.41. The Morgan fingerprint density at radius 2 is 1.91 bits per heavy atom. The number of nitrogens with one attached hydrogen (secondary N) is 1. The van der Waals surface area contributed by atoms with E-state index in [0.29, 0.717) is 28.9 Å². The molecule has 0 amide bonds. The summed E-state index contributed by atoms with van der Waals surface area (Å²) in [6.45, 7) is 0. The van der Waals surface area contributed by atoms with Crippen LogP contribution in [-0.4, -0.2) is 25.5 Å². The van der Waals surface area contributed by atoms with Crippen LogP contribution in [0, 0.1) is 15.9 Å². The quantitative estimate of drug-likeness (QED) is 0.342. The Balaban J connectivity index is 1.49. The van der Waals surface area contributed by atoms with Gasteiger partial charge in [-0.05, 0) is 48.2 Å². The number of Topliss-reactive ketones (excluding diaryl/α,β-unsaturated/α-hetero) is 1. The van der Waals surface area contributed by atoms with Gasteiger partial charge in [0.15, 0.2) is 5.78 Å². The Labute approximate surface area is 186 Å². The molecule has 0 saturated carbocycles. The number of nitrogens with zero attached hydrogens (tertiary/aromatic N) is 4. The minimum absolute atomic E-state index is 0.0128. The molecule has 8 nitrogen and oxygen atoms in total. The molecule has 1 atom stereocenters. The van der Waals surface area contributed by atoms with Crippen molar-refractivity contribution in [3.05, 3.63) is 86.9 Å². The molecule has 32 heavy (non-hydrogen) atoms. The van der Waals surface area contributed by atoms with Gasteiger partial charge < -0.3 is 5.32 Å². The summed E-state index contributed by atoms with van der Waals surface area (Å²) in [4.78, 5) is 28.0. The Bertz CT molecular complexity index is 1240. The number of hydrogen-bond donors (Lipinski definition) is 1. The topological polar surface area (TPSA) is 103 Å². The minimum atomic E-state index is -0.498. The largest absolute Gasteiger partial charge is 0.328 e. The number of allylic oxidation sites excluding steroid dienone is 2. The fourth-order valence-electron chi connectivity index (χ4n) is 4.01. The lowest BCUT2D eigenvalue weighted by Crippen LogP contribution is -2.31. The van der Waals surface area contributed by atoms with Crippen LogP contribution < -0.4 is 5.32 Å². The third-order valence-corrected chi connectivity index (χ3v) is 6.46. The van der Waals surface area contributed by atoms with Gasteiger partial charge in [0.25, 0.3) is 5.69 Å². The van der Waals surface area contributed by atoms with E-state index < -0.39 is 11.0 Å². The van der Waals surface area contributed by atoms with Gasteiger partial charge in [-0.2, -0.15) is 4.98 Å². The second-order valence-corrected chi connectivity index (χ2v) is 8.57. The average molecular weight is 451 g/mol. The van der Waals surface area contributed by atoms with E-state index in [1.165, 1.54) is 36.0 Å². The van der Waals surface area contributed by atoms with E-state index in [2.05, 4.69) is 15.4 Å². The van der Waals surface area contributed by atoms with Gasteiger partial charge in [-0.25, -0.2) is 9.07 Å². The number of halogens is 1. The summed E-state index contributed by atoms with van der Waals surface area (Å²) in [5.41, 5.74) is 3.14. The lowest BCUT2D eigenvalue weighted by atomic mass is 9.85. The number of rotatable bonds is 5. The standard InChI is InChI=1S/C22H18FN5O3S/c23-15-8-4-13(5-9-15)12-32-22-25-21-24-17-2-1-3-18(29)19(17)20(27(21)26-22)14-6-10-16(11-7-14)28(30)31/h4-11,20H,1-3,12H2,(H,24,25,26). The minimum Gasteiger partial charge on any atom is -0.328 e. The summed E-state index contributed by atoms with van der Waals surface area (Å²) in [5, 5.41) is 19.5. The number of nitro benzene ring substituents is 1. The van der Waals surface area contributed by atoms with E-state index in [1.807, 2.05) is 0 Å². The van der Waals surface area contributed by atoms with E-state index >= 15 is 0 Å². The number of thioether (sulfide) groups is 1. The zero-order valence-corrected chi connectivity index (χ0v) is 17.6. The third-order valence-electron chi connectivity index (χ3n) is 5.55. The van der Waals surface area contributed by atoms with E-state index in [4.69, 9.17) is 0 Å². The molecule has 1 N–H and O–H groups in total. The van der Waals surface area contributed by atoms with Crippen LogP contribution in [-0.2, 0) is 10.5 Å². The summed E-state index contributed by atoms with van der Waals surface area (Å²) in [5.74, 6) is 0.857. The molecular weight excluding hydrogens is 433 g/mol. The first-order valence-corrected chi connectivity index (χ1v) is 11.1. The Morgan fingerprint density at radius 1 is 1.16 bits per heavy atom. The van der Waals surface area contributed by atoms with Crippen LogP contribution in [0.5, 0.6) is 0 Å².